The lowest BCUT2D eigenvalue weighted by Gasteiger charge is -2.14. The molecule has 0 bridgehead atoms. The van der Waals surface area contributed by atoms with E-state index in [0.29, 0.717) is 18.4 Å². The van der Waals surface area contributed by atoms with Crippen LogP contribution in [0.1, 0.15) is 56.5 Å². The summed E-state index contributed by atoms with van der Waals surface area (Å²) in [6.45, 7) is 4.26. The molecule has 8 heteroatoms. The summed E-state index contributed by atoms with van der Waals surface area (Å²) in [6, 6.07) is 13.0. The van der Waals surface area contributed by atoms with E-state index in [4.69, 9.17) is 4.74 Å². The zero-order chi connectivity index (χ0) is 23.7. The van der Waals surface area contributed by atoms with Crippen molar-refractivity contribution in [2.24, 2.45) is 0 Å². The van der Waals surface area contributed by atoms with E-state index < -0.39 is 16.1 Å². The predicted molar refractivity (Wildman–Crippen MR) is 128 cm³/mol. The number of H-pyrrole nitrogens is 1. The Morgan fingerprint density at radius 3 is 2.42 bits per heavy atom. The van der Waals surface area contributed by atoms with Gasteiger partial charge in [0.05, 0.1) is 11.5 Å². The molecule has 0 aliphatic carbocycles. The van der Waals surface area contributed by atoms with Crippen molar-refractivity contribution in [3.8, 4) is 11.1 Å². The first kappa shape index (κ1) is 24.5. The molecule has 0 fully saturated rings. The number of sulfonamides is 1. The summed E-state index contributed by atoms with van der Waals surface area (Å²) in [4.78, 5) is 19.4. The monoisotopic (exact) mass is 469 g/mol. The van der Waals surface area contributed by atoms with Gasteiger partial charge >= 0.3 is 6.09 Å². The average Bonchev–Trinajstić information content (AvgIpc) is 3.31. The Hall–Kier alpha value is -3.13. The number of nitrogens with one attached hydrogen (secondary N) is 2. The predicted octanol–water partition coefficient (Wildman–Crippen LogP) is 5.23. The van der Waals surface area contributed by atoms with E-state index in [1.165, 1.54) is 0 Å². The normalized spacial score (nSPS) is 11.3. The first-order chi connectivity index (χ1) is 15.9. The van der Waals surface area contributed by atoms with E-state index in [0.717, 1.165) is 48.2 Å². The zero-order valence-electron chi connectivity index (χ0n) is 19.1. The van der Waals surface area contributed by atoms with Gasteiger partial charge in [0.15, 0.2) is 0 Å². The van der Waals surface area contributed by atoms with Crippen molar-refractivity contribution in [1.82, 2.24) is 14.7 Å². The summed E-state index contributed by atoms with van der Waals surface area (Å²) < 4.78 is 33.1. The Kier molecular flexibility index (Phi) is 8.65. The highest BCUT2D eigenvalue weighted by atomic mass is 32.2. The van der Waals surface area contributed by atoms with Crippen LogP contribution in [0.5, 0.6) is 0 Å². The second kappa shape index (κ2) is 11.7. The zero-order valence-corrected chi connectivity index (χ0v) is 20.0. The van der Waals surface area contributed by atoms with Crippen LogP contribution in [0.4, 0.5) is 4.79 Å². The van der Waals surface area contributed by atoms with Crippen molar-refractivity contribution >= 4 is 16.1 Å². The van der Waals surface area contributed by atoms with Crippen LogP contribution in [-0.2, 0) is 27.6 Å². The topological polar surface area (TPSA) is 101 Å². The van der Waals surface area contributed by atoms with Crippen LogP contribution in [0.25, 0.3) is 11.1 Å². The molecule has 0 saturated carbocycles. The van der Waals surface area contributed by atoms with Gasteiger partial charge < -0.3 is 9.72 Å². The van der Waals surface area contributed by atoms with Crippen molar-refractivity contribution in [1.29, 1.82) is 0 Å². The van der Waals surface area contributed by atoms with Gasteiger partial charge in [-0.2, -0.15) is 0 Å². The van der Waals surface area contributed by atoms with Gasteiger partial charge in [-0.15, -0.1) is 0 Å². The lowest BCUT2D eigenvalue weighted by Crippen LogP contribution is -2.31. The number of rotatable bonds is 11. The average molecular weight is 470 g/mol. The first-order valence-corrected chi connectivity index (χ1v) is 12.8. The van der Waals surface area contributed by atoms with Crippen molar-refractivity contribution < 1.29 is 17.9 Å². The lowest BCUT2D eigenvalue weighted by molar-refractivity contribution is 0.151. The minimum Gasteiger partial charge on any atom is -0.449 e. The van der Waals surface area contributed by atoms with Crippen LogP contribution in [0.2, 0.25) is 0 Å². The molecule has 0 saturated heterocycles. The molecule has 0 radical (unpaired) electrons. The van der Waals surface area contributed by atoms with E-state index in [9.17, 15) is 13.2 Å². The number of benzene rings is 2. The highest BCUT2D eigenvalue weighted by Crippen LogP contribution is 2.30. The molecule has 3 aromatic rings. The van der Waals surface area contributed by atoms with Crippen molar-refractivity contribution in [2.75, 3.05) is 6.61 Å². The second-order valence-corrected chi connectivity index (χ2v) is 9.59. The summed E-state index contributed by atoms with van der Waals surface area (Å²) >= 11 is 0. The third-order valence-corrected chi connectivity index (χ3v) is 6.66. The molecule has 0 aliphatic rings. The number of hydrogen-bond donors (Lipinski definition) is 2. The van der Waals surface area contributed by atoms with Gasteiger partial charge in [0.25, 0.3) is 10.0 Å². The lowest BCUT2D eigenvalue weighted by atomic mass is 9.99. The third kappa shape index (κ3) is 6.92. The minimum atomic E-state index is -4.10. The molecule has 2 N–H and O–H groups in total. The molecule has 7 nitrogen and oxygen atoms in total. The molecule has 3 rings (SSSR count). The number of carbonyl (C=O) groups is 1. The van der Waals surface area contributed by atoms with Crippen LogP contribution < -0.4 is 4.72 Å². The molecule has 0 atom stereocenters. The van der Waals surface area contributed by atoms with Gasteiger partial charge in [-0.1, -0.05) is 57.0 Å². The van der Waals surface area contributed by atoms with Crippen LogP contribution in [0.15, 0.2) is 59.8 Å². The number of aromatic nitrogens is 2. The number of amides is 1. The van der Waals surface area contributed by atoms with E-state index in [1.807, 2.05) is 42.0 Å². The number of unbranched alkanes of at least 4 members (excludes halogenated alkanes) is 2. The third-order valence-electron chi connectivity index (χ3n) is 5.29. The van der Waals surface area contributed by atoms with Gasteiger partial charge in [0, 0.05) is 24.4 Å². The number of carbonyl (C=O) groups excluding carboxylic acids is 1. The van der Waals surface area contributed by atoms with E-state index >= 15 is 0 Å². The summed E-state index contributed by atoms with van der Waals surface area (Å²) in [5, 5.41) is 0. The Balaban J connectivity index is 1.90. The van der Waals surface area contributed by atoms with Crippen molar-refractivity contribution in [2.45, 2.75) is 57.3 Å². The fourth-order valence-electron chi connectivity index (χ4n) is 3.47. The molecule has 0 unspecified atom stereocenters. The Morgan fingerprint density at radius 1 is 1.03 bits per heavy atom. The van der Waals surface area contributed by atoms with Crippen molar-refractivity contribution in [3.05, 3.63) is 71.8 Å². The molecule has 2 aromatic carbocycles. The summed E-state index contributed by atoms with van der Waals surface area (Å²) in [5.74, 6) is 0.860. The van der Waals surface area contributed by atoms with Crippen LogP contribution in [0, 0.1) is 0 Å². The summed E-state index contributed by atoms with van der Waals surface area (Å²) in [6.07, 6.45) is 7.61. The van der Waals surface area contributed by atoms with Gasteiger partial charge in [0.2, 0.25) is 0 Å². The molecular weight excluding hydrogens is 438 g/mol. The molecule has 0 spiro atoms. The maximum absolute atomic E-state index is 13.0. The highest BCUT2D eigenvalue weighted by molar-refractivity contribution is 7.90. The molecule has 1 amide bonds. The fraction of sp³-hybridized carbons (Fsp3) is 0.360. The molecule has 1 heterocycles. The molecule has 1 aromatic heterocycles. The number of nitrogens with zero attached hydrogens (tertiary/aromatic N) is 1. The molecule has 176 valence electrons. The minimum absolute atomic E-state index is 0.0500. The maximum atomic E-state index is 13.0. The van der Waals surface area contributed by atoms with E-state index in [2.05, 4.69) is 16.9 Å². The fourth-order valence-corrected chi connectivity index (χ4v) is 4.57. The van der Waals surface area contributed by atoms with Gasteiger partial charge in [-0.05, 0) is 48.1 Å². The first-order valence-electron chi connectivity index (χ1n) is 11.3. The van der Waals surface area contributed by atoms with Crippen LogP contribution in [0.3, 0.4) is 0 Å². The Labute approximate surface area is 195 Å². The van der Waals surface area contributed by atoms with Gasteiger partial charge in [-0.25, -0.2) is 22.9 Å². The van der Waals surface area contributed by atoms with E-state index in [-0.39, 0.29) is 11.5 Å². The molecule has 0 aliphatic heterocycles. The maximum Gasteiger partial charge on any atom is 0.421 e. The quantitative estimate of drug-likeness (QED) is 0.375. The number of aryl methyl sites for hydroxylation is 1. The molecular formula is C25H31N3O4S. The standard InChI is InChI=1S/C25H31N3O4S/c1-3-5-7-19-10-13-23(33(30,31)28-25(29)32-16-6-4-2)22(17-19)21-11-8-20(9-12-21)18-24-26-14-15-27-24/h8-15,17H,3-7,16,18H2,1-2H3,(H,26,27)(H,28,29). The van der Waals surface area contributed by atoms with Crippen molar-refractivity contribution in [3.63, 3.8) is 0 Å². The summed E-state index contributed by atoms with van der Waals surface area (Å²) in [5.41, 5.74) is 3.42. The largest absolute Gasteiger partial charge is 0.449 e. The van der Waals surface area contributed by atoms with Gasteiger partial charge in [-0.3, -0.25) is 0 Å². The summed E-state index contributed by atoms with van der Waals surface area (Å²) in [7, 11) is -4.10. The number of imidazole rings is 1. The number of ether oxygens (including phenoxy) is 1. The highest BCUT2D eigenvalue weighted by Gasteiger charge is 2.23. The smallest absolute Gasteiger partial charge is 0.421 e. The van der Waals surface area contributed by atoms with Crippen LogP contribution in [-0.4, -0.2) is 31.1 Å². The SMILES string of the molecule is CCCCOC(=O)NS(=O)(=O)c1ccc(CCCC)cc1-c1ccc(Cc2ncc[nH]2)cc1. The number of aromatic amines is 1. The van der Waals surface area contributed by atoms with Crippen LogP contribution >= 0.6 is 0 Å². The Bertz CT molecular complexity index is 1140. The second-order valence-electron chi connectivity index (χ2n) is 7.94. The van der Waals surface area contributed by atoms with E-state index in [1.54, 1.807) is 24.5 Å². The Morgan fingerprint density at radius 2 is 1.76 bits per heavy atom. The number of hydrogen-bond acceptors (Lipinski definition) is 5. The van der Waals surface area contributed by atoms with Gasteiger partial charge in [0.1, 0.15) is 5.82 Å². The molecule has 33 heavy (non-hydrogen) atoms.